The van der Waals surface area contributed by atoms with E-state index < -0.39 is 0 Å². The summed E-state index contributed by atoms with van der Waals surface area (Å²) >= 11 is 1.58. The van der Waals surface area contributed by atoms with Crippen LogP contribution in [-0.4, -0.2) is 21.2 Å². The lowest BCUT2D eigenvalue weighted by atomic mass is 10.2. The lowest BCUT2D eigenvalue weighted by Gasteiger charge is -2.09. The van der Waals surface area contributed by atoms with E-state index in [0.29, 0.717) is 11.8 Å². The van der Waals surface area contributed by atoms with Crippen LogP contribution in [0.3, 0.4) is 0 Å². The monoisotopic (exact) mass is 312 g/mol. The van der Waals surface area contributed by atoms with E-state index in [1.165, 1.54) is 12.8 Å². The SMILES string of the molecule is Cc1cc(CSc2nc(NC3CC3)c3ccccc3n2)no1. The molecule has 3 aromatic rings. The van der Waals surface area contributed by atoms with E-state index in [0.717, 1.165) is 33.3 Å². The van der Waals surface area contributed by atoms with Gasteiger partial charge in [0.05, 0.1) is 11.2 Å². The van der Waals surface area contributed by atoms with Crippen molar-refractivity contribution in [1.82, 2.24) is 15.1 Å². The number of para-hydroxylation sites is 1. The van der Waals surface area contributed by atoms with Gasteiger partial charge in [-0.2, -0.15) is 0 Å². The van der Waals surface area contributed by atoms with Crippen LogP contribution >= 0.6 is 11.8 Å². The van der Waals surface area contributed by atoms with Crippen LogP contribution in [0.5, 0.6) is 0 Å². The van der Waals surface area contributed by atoms with E-state index in [2.05, 4.69) is 26.5 Å². The lowest BCUT2D eigenvalue weighted by molar-refractivity contribution is 0.393. The van der Waals surface area contributed by atoms with E-state index in [1.807, 2.05) is 31.2 Å². The maximum atomic E-state index is 5.09. The Kier molecular flexibility index (Phi) is 3.46. The number of hydrogen-bond acceptors (Lipinski definition) is 6. The lowest BCUT2D eigenvalue weighted by Crippen LogP contribution is -2.05. The summed E-state index contributed by atoms with van der Waals surface area (Å²) in [5.41, 5.74) is 1.88. The molecule has 0 saturated heterocycles. The summed E-state index contributed by atoms with van der Waals surface area (Å²) in [5, 5.41) is 9.36. The fourth-order valence-corrected chi connectivity index (χ4v) is 3.01. The summed E-state index contributed by atoms with van der Waals surface area (Å²) in [6.45, 7) is 1.89. The number of rotatable bonds is 5. The molecule has 112 valence electrons. The van der Waals surface area contributed by atoms with Crippen LogP contribution in [0.15, 0.2) is 40.0 Å². The molecule has 2 aromatic heterocycles. The normalized spacial score (nSPS) is 14.4. The van der Waals surface area contributed by atoms with Crippen LogP contribution in [-0.2, 0) is 5.75 Å². The summed E-state index contributed by atoms with van der Waals surface area (Å²) in [4.78, 5) is 9.32. The van der Waals surface area contributed by atoms with Gasteiger partial charge in [0, 0.05) is 23.2 Å². The first-order chi connectivity index (χ1) is 10.8. The van der Waals surface area contributed by atoms with Gasteiger partial charge in [0.2, 0.25) is 0 Å². The third-order valence-corrected chi connectivity index (χ3v) is 4.41. The summed E-state index contributed by atoms with van der Waals surface area (Å²) in [6.07, 6.45) is 2.44. The van der Waals surface area contributed by atoms with Crippen molar-refractivity contribution in [3.8, 4) is 0 Å². The van der Waals surface area contributed by atoms with Crippen molar-refractivity contribution < 1.29 is 4.52 Å². The van der Waals surface area contributed by atoms with Gasteiger partial charge in [-0.1, -0.05) is 29.1 Å². The topological polar surface area (TPSA) is 63.8 Å². The molecular formula is C16H16N4OS. The minimum absolute atomic E-state index is 0.564. The Morgan fingerprint density at radius 2 is 2.14 bits per heavy atom. The second-order valence-electron chi connectivity index (χ2n) is 5.51. The standard InChI is InChI=1S/C16H16N4OS/c1-10-8-12(20-21-10)9-22-16-18-14-5-3-2-4-13(14)15(19-16)17-11-6-7-11/h2-5,8,11H,6-7,9H2,1H3,(H,17,18,19). The van der Waals surface area contributed by atoms with Gasteiger partial charge in [-0.25, -0.2) is 9.97 Å². The van der Waals surface area contributed by atoms with Crippen molar-refractivity contribution in [1.29, 1.82) is 0 Å². The van der Waals surface area contributed by atoms with E-state index in [4.69, 9.17) is 4.52 Å². The molecule has 0 radical (unpaired) electrons. The fourth-order valence-electron chi connectivity index (χ4n) is 2.28. The molecule has 0 unspecified atom stereocenters. The Hall–Kier alpha value is -2.08. The van der Waals surface area contributed by atoms with E-state index in [-0.39, 0.29) is 0 Å². The first-order valence-corrected chi connectivity index (χ1v) is 8.35. The van der Waals surface area contributed by atoms with Crippen molar-refractivity contribution in [3.05, 3.63) is 41.8 Å². The maximum Gasteiger partial charge on any atom is 0.190 e. The average Bonchev–Trinajstić information content (AvgIpc) is 3.25. The van der Waals surface area contributed by atoms with Crippen LogP contribution in [0.2, 0.25) is 0 Å². The Bertz CT molecular complexity index is 813. The summed E-state index contributed by atoms with van der Waals surface area (Å²) in [6, 6.07) is 10.6. The fraction of sp³-hybridized carbons (Fsp3) is 0.312. The molecule has 6 heteroatoms. The number of benzene rings is 1. The summed E-state index contributed by atoms with van der Waals surface area (Å²) < 4.78 is 5.09. The van der Waals surface area contributed by atoms with Gasteiger partial charge in [0.15, 0.2) is 5.16 Å². The highest BCUT2D eigenvalue weighted by atomic mass is 32.2. The highest BCUT2D eigenvalue weighted by Gasteiger charge is 2.22. The molecule has 1 fully saturated rings. The van der Waals surface area contributed by atoms with Crippen LogP contribution in [0.1, 0.15) is 24.3 Å². The highest BCUT2D eigenvalue weighted by molar-refractivity contribution is 7.98. The van der Waals surface area contributed by atoms with Crippen molar-refractivity contribution >= 4 is 28.5 Å². The minimum atomic E-state index is 0.564. The highest BCUT2D eigenvalue weighted by Crippen LogP contribution is 2.30. The number of nitrogens with zero attached hydrogens (tertiary/aromatic N) is 3. The van der Waals surface area contributed by atoms with E-state index in [1.54, 1.807) is 11.8 Å². The number of nitrogens with one attached hydrogen (secondary N) is 1. The van der Waals surface area contributed by atoms with Crippen LogP contribution in [0.25, 0.3) is 10.9 Å². The smallest absolute Gasteiger partial charge is 0.190 e. The van der Waals surface area contributed by atoms with Crippen molar-refractivity contribution in [2.45, 2.75) is 36.7 Å². The molecule has 1 N–H and O–H groups in total. The van der Waals surface area contributed by atoms with Crippen molar-refractivity contribution in [3.63, 3.8) is 0 Å². The minimum Gasteiger partial charge on any atom is -0.367 e. The molecule has 1 saturated carbocycles. The molecule has 1 aromatic carbocycles. The Labute approximate surface area is 132 Å². The number of aromatic nitrogens is 3. The predicted molar refractivity (Wildman–Crippen MR) is 87.0 cm³/mol. The van der Waals surface area contributed by atoms with Crippen molar-refractivity contribution in [2.24, 2.45) is 0 Å². The molecule has 1 aliphatic carbocycles. The Morgan fingerprint density at radius 1 is 1.27 bits per heavy atom. The summed E-state index contributed by atoms with van der Waals surface area (Å²) in [5.74, 6) is 2.47. The molecule has 5 nitrogen and oxygen atoms in total. The van der Waals surface area contributed by atoms with E-state index in [9.17, 15) is 0 Å². The van der Waals surface area contributed by atoms with Crippen LogP contribution in [0.4, 0.5) is 5.82 Å². The zero-order valence-corrected chi connectivity index (χ0v) is 13.1. The van der Waals surface area contributed by atoms with Crippen LogP contribution in [0, 0.1) is 6.92 Å². The number of fused-ring (bicyclic) bond motifs is 1. The Balaban J connectivity index is 1.62. The third-order valence-electron chi connectivity index (χ3n) is 3.53. The van der Waals surface area contributed by atoms with Crippen molar-refractivity contribution in [2.75, 3.05) is 5.32 Å². The molecule has 0 spiro atoms. The van der Waals surface area contributed by atoms with Gasteiger partial charge >= 0.3 is 0 Å². The third kappa shape index (κ3) is 2.92. The molecule has 1 aliphatic rings. The zero-order valence-electron chi connectivity index (χ0n) is 12.2. The molecule has 2 heterocycles. The largest absolute Gasteiger partial charge is 0.367 e. The average molecular weight is 312 g/mol. The maximum absolute atomic E-state index is 5.09. The van der Waals surface area contributed by atoms with Gasteiger partial charge in [0.1, 0.15) is 11.6 Å². The second-order valence-corrected chi connectivity index (χ2v) is 6.45. The molecule has 22 heavy (non-hydrogen) atoms. The molecule has 0 amide bonds. The predicted octanol–water partition coefficient (Wildman–Crippen LogP) is 3.79. The number of thioether (sulfide) groups is 1. The van der Waals surface area contributed by atoms with E-state index >= 15 is 0 Å². The summed E-state index contributed by atoms with van der Waals surface area (Å²) in [7, 11) is 0. The first kappa shape index (κ1) is 13.6. The van der Waals surface area contributed by atoms with Gasteiger partial charge < -0.3 is 9.84 Å². The van der Waals surface area contributed by atoms with Gasteiger partial charge in [-0.3, -0.25) is 0 Å². The number of aryl methyl sites for hydroxylation is 1. The number of anilines is 1. The molecular weight excluding hydrogens is 296 g/mol. The molecule has 0 atom stereocenters. The van der Waals surface area contributed by atoms with Gasteiger partial charge in [-0.15, -0.1) is 0 Å². The molecule has 0 bridgehead atoms. The van der Waals surface area contributed by atoms with Gasteiger partial charge in [-0.05, 0) is 31.9 Å². The second kappa shape index (κ2) is 5.61. The quantitative estimate of drug-likeness (QED) is 0.571. The molecule has 0 aliphatic heterocycles. The zero-order chi connectivity index (χ0) is 14.9. The number of hydrogen-bond donors (Lipinski definition) is 1. The van der Waals surface area contributed by atoms with Crippen LogP contribution < -0.4 is 5.32 Å². The van der Waals surface area contributed by atoms with Gasteiger partial charge in [0.25, 0.3) is 0 Å². The Morgan fingerprint density at radius 3 is 2.91 bits per heavy atom. The first-order valence-electron chi connectivity index (χ1n) is 7.36. The molecule has 4 rings (SSSR count).